The molecule has 0 aromatic heterocycles. The van der Waals surface area contributed by atoms with E-state index < -0.39 is 10.7 Å². The van der Waals surface area contributed by atoms with E-state index in [0.717, 1.165) is 16.7 Å². The van der Waals surface area contributed by atoms with Gasteiger partial charge in [-0.25, -0.2) is 0 Å². The van der Waals surface area contributed by atoms with Crippen molar-refractivity contribution in [2.45, 2.75) is 27.2 Å². The summed E-state index contributed by atoms with van der Waals surface area (Å²) < 4.78 is 0. The van der Waals surface area contributed by atoms with Gasteiger partial charge in [-0.1, -0.05) is 29.8 Å². The van der Waals surface area contributed by atoms with Crippen LogP contribution in [0.4, 0.5) is 5.69 Å². The third kappa shape index (κ3) is 3.69. The topological polar surface area (TPSA) is 77.3 Å². The van der Waals surface area contributed by atoms with Crippen molar-refractivity contribution < 1.29 is 14.5 Å². The molecule has 0 aliphatic heterocycles. The van der Waals surface area contributed by atoms with E-state index in [1.54, 1.807) is 0 Å². The highest BCUT2D eigenvalue weighted by Gasteiger charge is 2.19. The molecule has 2 aromatic rings. The van der Waals surface area contributed by atoms with Gasteiger partial charge >= 0.3 is 0 Å². The van der Waals surface area contributed by atoms with Gasteiger partial charge in [-0.05, 0) is 31.9 Å². The highest BCUT2D eigenvalue weighted by molar-refractivity contribution is 6.14. The minimum Gasteiger partial charge on any atom is -0.294 e. The van der Waals surface area contributed by atoms with Crippen molar-refractivity contribution in [3.8, 4) is 0 Å². The highest BCUT2D eigenvalue weighted by Crippen LogP contribution is 2.20. The van der Waals surface area contributed by atoms with Crippen molar-refractivity contribution >= 4 is 17.3 Å². The largest absolute Gasteiger partial charge is 0.294 e. The predicted octanol–water partition coefficient (Wildman–Crippen LogP) is 3.98. The van der Waals surface area contributed by atoms with Crippen molar-refractivity contribution in [2.24, 2.45) is 0 Å². The molecule has 0 fully saturated rings. The molecule has 0 atom stereocenters. The Bertz CT molecular complexity index is 785. The lowest BCUT2D eigenvalue weighted by Crippen LogP contribution is -2.12. The Balaban J connectivity index is 2.26. The summed E-state index contributed by atoms with van der Waals surface area (Å²) in [4.78, 5) is 34.9. The van der Waals surface area contributed by atoms with Gasteiger partial charge < -0.3 is 0 Å². The van der Waals surface area contributed by atoms with Crippen molar-refractivity contribution in [3.05, 3.63) is 74.3 Å². The van der Waals surface area contributed by atoms with E-state index in [1.807, 2.05) is 32.9 Å². The van der Waals surface area contributed by atoms with Gasteiger partial charge in [0, 0.05) is 23.3 Å². The Morgan fingerprint density at radius 3 is 2.17 bits per heavy atom. The first-order chi connectivity index (χ1) is 10.8. The monoisotopic (exact) mass is 311 g/mol. The molecule has 0 unspecified atom stereocenters. The zero-order chi connectivity index (χ0) is 17.1. The molecule has 23 heavy (non-hydrogen) atoms. The number of nitro groups is 1. The molecular formula is C18H17NO4. The number of hydrogen-bond donors (Lipinski definition) is 0. The number of nitro benzene ring substituents is 1. The van der Waals surface area contributed by atoms with Crippen molar-refractivity contribution in [2.75, 3.05) is 0 Å². The molecule has 118 valence electrons. The molecule has 0 saturated carbocycles. The van der Waals surface area contributed by atoms with E-state index in [9.17, 15) is 19.7 Å². The molecule has 0 heterocycles. The van der Waals surface area contributed by atoms with Gasteiger partial charge in [-0.2, -0.15) is 0 Å². The first-order valence-corrected chi connectivity index (χ1v) is 7.18. The molecule has 0 amide bonds. The van der Waals surface area contributed by atoms with Crippen molar-refractivity contribution in [3.63, 3.8) is 0 Å². The summed E-state index contributed by atoms with van der Waals surface area (Å²) in [6.45, 7) is 5.62. The quantitative estimate of drug-likeness (QED) is 0.362. The van der Waals surface area contributed by atoms with Gasteiger partial charge in [-0.15, -0.1) is 0 Å². The molecule has 2 rings (SSSR count). The number of rotatable bonds is 5. The van der Waals surface area contributed by atoms with Gasteiger partial charge in [0.05, 0.1) is 11.3 Å². The fourth-order valence-corrected chi connectivity index (χ4v) is 2.75. The van der Waals surface area contributed by atoms with Crippen LogP contribution in [0.3, 0.4) is 0 Å². The number of ketones is 2. The van der Waals surface area contributed by atoms with Gasteiger partial charge in [0.1, 0.15) is 0 Å². The number of nitrogens with zero attached hydrogens (tertiary/aromatic N) is 1. The summed E-state index contributed by atoms with van der Waals surface area (Å²) in [5.74, 6) is -0.686. The molecule has 0 saturated heterocycles. The minimum absolute atomic E-state index is 0.161. The first kappa shape index (κ1) is 16.5. The van der Waals surface area contributed by atoms with Gasteiger partial charge in [0.2, 0.25) is 0 Å². The van der Waals surface area contributed by atoms with Crippen molar-refractivity contribution in [1.82, 2.24) is 0 Å². The Labute approximate surface area is 134 Å². The van der Waals surface area contributed by atoms with Gasteiger partial charge in [-0.3, -0.25) is 19.7 Å². The number of hydrogen-bond acceptors (Lipinski definition) is 4. The number of aryl methyl sites for hydroxylation is 3. The van der Waals surface area contributed by atoms with E-state index in [4.69, 9.17) is 0 Å². The summed E-state index contributed by atoms with van der Waals surface area (Å²) in [7, 11) is 0. The van der Waals surface area contributed by atoms with Crippen LogP contribution in [0.25, 0.3) is 0 Å². The van der Waals surface area contributed by atoms with E-state index in [-0.39, 0.29) is 23.5 Å². The van der Waals surface area contributed by atoms with Crippen LogP contribution >= 0.6 is 0 Å². The molecule has 0 aliphatic carbocycles. The number of carbonyl (C=O) groups excluding carboxylic acids is 2. The smallest absolute Gasteiger partial charge is 0.270 e. The standard InChI is InChI=1S/C18H17NO4/c1-11-7-12(2)18(13(3)8-11)17(21)10-16(20)14-5-4-6-15(9-14)19(22)23/h4-9H,10H2,1-3H3. The molecule has 0 spiro atoms. The second-order valence-corrected chi connectivity index (χ2v) is 5.60. The van der Waals surface area contributed by atoms with Crippen LogP contribution in [0.2, 0.25) is 0 Å². The molecule has 0 radical (unpaired) electrons. The van der Waals surface area contributed by atoms with Crippen LogP contribution in [0.1, 0.15) is 43.8 Å². The Kier molecular flexibility index (Phi) is 4.69. The number of non-ortho nitro benzene ring substituents is 1. The molecule has 5 nitrogen and oxygen atoms in total. The normalized spacial score (nSPS) is 10.4. The van der Waals surface area contributed by atoms with E-state index >= 15 is 0 Å². The van der Waals surface area contributed by atoms with Crippen molar-refractivity contribution in [1.29, 1.82) is 0 Å². The van der Waals surface area contributed by atoms with Gasteiger partial charge in [0.25, 0.3) is 5.69 Å². The van der Waals surface area contributed by atoms with Gasteiger partial charge in [0.15, 0.2) is 11.6 Å². The van der Waals surface area contributed by atoms with E-state index in [2.05, 4.69) is 0 Å². The van der Waals surface area contributed by atoms with Crippen LogP contribution in [-0.4, -0.2) is 16.5 Å². The fraction of sp³-hybridized carbons (Fsp3) is 0.222. The molecule has 0 aliphatic rings. The summed E-state index contributed by atoms with van der Waals surface area (Å²) >= 11 is 0. The molecule has 0 bridgehead atoms. The zero-order valence-electron chi connectivity index (χ0n) is 13.3. The summed E-state index contributed by atoms with van der Waals surface area (Å²) in [6, 6.07) is 9.24. The first-order valence-electron chi connectivity index (χ1n) is 7.18. The van der Waals surface area contributed by atoms with Crippen LogP contribution in [-0.2, 0) is 0 Å². The molecule has 5 heteroatoms. The Hall–Kier alpha value is -2.82. The zero-order valence-corrected chi connectivity index (χ0v) is 13.3. The minimum atomic E-state index is -0.563. The SMILES string of the molecule is Cc1cc(C)c(C(=O)CC(=O)c2cccc([N+](=O)[O-])c2)c(C)c1. The molecule has 0 N–H and O–H groups in total. The third-order valence-corrected chi connectivity index (χ3v) is 3.66. The third-order valence-electron chi connectivity index (χ3n) is 3.66. The fourth-order valence-electron chi connectivity index (χ4n) is 2.75. The second kappa shape index (κ2) is 6.52. The lowest BCUT2D eigenvalue weighted by Gasteiger charge is -2.10. The maximum absolute atomic E-state index is 12.4. The maximum atomic E-state index is 12.4. The van der Waals surface area contributed by atoms with Crippen LogP contribution < -0.4 is 0 Å². The average molecular weight is 311 g/mol. The number of Topliss-reactive ketones (excluding diaryl/α,β-unsaturated/α-hetero) is 2. The predicted molar refractivity (Wildman–Crippen MR) is 87.0 cm³/mol. The summed E-state index contributed by atoms with van der Waals surface area (Å²) in [5, 5.41) is 10.8. The maximum Gasteiger partial charge on any atom is 0.270 e. The lowest BCUT2D eigenvalue weighted by molar-refractivity contribution is -0.384. The van der Waals surface area contributed by atoms with Crippen LogP contribution in [0, 0.1) is 30.9 Å². The summed E-state index contributed by atoms with van der Waals surface area (Å²) in [6.07, 6.45) is -0.300. The highest BCUT2D eigenvalue weighted by atomic mass is 16.6. The molecular weight excluding hydrogens is 294 g/mol. The summed E-state index contributed by atoms with van der Waals surface area (Å²) in [5.41, 5.74) is 3.29. The number of benzene rings is 2. The average Bonchev–Trinajstić information content (AvgIpc) is 2.46. The Morgan fingerprint density at radius 1 is 1.00 bits per heavy atom. The van der Waals surface area contributed by atoms with E-state index in [1.165, 1.54) is 24.3 Å². The van der Waals surface area contributed by atoms with Crippen LogP contribution in [0.15, 0.2) is 36.4 Å². The second-order valence-electron chi connectivity index (χ2n) is 5.60. The Morgan fingerprint density at radius 2 is 1.61 bits per heavy atom. The lowest BCUT2D eigenvalue weighted by atomic mass is 9.93. The number of carbonyl (C=O) groups is 2. The molecule has 2 aromatic carbocycles. The van der Waals surface area contributed by atoms with Crippen LogP contribution in [0.5, 0.6) is 0 Å². The van der Waals surface area contributed by atoms with E-state index in [0.29, 0.717) is 5.56 Å².